The summed E-state index contributed by atoms with van der Waals surface area (Å²) in [4.78, 5) is 27.6. The van der Waals surface area contributed by atoms with Crippen molar-refractivity contribution in [2.24, 2.45) is 0 Å². The first-order valence-electron chi connectivity index (χ1n) is 2.90. The predicted molar refractivity (Wildman–Crippen MR) is 42.9 cm³/mol. The number of carbonyl (C=O) groups excluding carboxylic acids is 1. The summed E-state index contributed by atoms with van der Waals surface area (Å²) in [7, 11) is 0. The van der Waals surface area contributed by atoms with Crippen LogP contribution in [0.5, 0.6) is 0 Å². The van der Waals surface area contributed by atoms with Crippen LogP contribution >= 0.6 is 12.6 Å². The lowest BCUT2D eigenvalue weighted by atomic mass is 10.3. The highest BCUT2D eigenvalue weighted by Crippen LogP contribution is 1.99. The number of carbonyl (C=O) groups is 1. The molecule has 11 heavy (non-hydrogen) atoms. The molecule has 1 aromatic rings. The van der Waals surface area contributed by atoms with E-state index in [2.05, 4.69) is 22.6 Å². The molecule has 0 aromatic carbocycles. The van der Waals surface area contributed by atoms with E-state index in [1.54, 1.807) is 6.92 Å². The molecule has 0 aliphatic carbocycles. The van der Waals surface area contributed by atoms with Gasteiger partial charge >= 0.3 is 0 Å². The first-order valence-corrected chi connectivity index (χ1v) is 3.35. The smallest absolute Gasteiger partial charge is 0.262 e. The molecule has 0 spiro atoms. The van der Waals surface area contributed by atoms with E-state index >= 15 is 0 Å². The van der Waals surface area contributed by atoms with Crippen LogP contribution in [0.25, 0.3) is 0 Å². The molecule has 1 aromatic heterocycles. The molecule has 0 unspecified atom stereocenters. The first-order chi connectivity index (χ1) is 5.13. The number of hydrogen-bond donors (Lipinski definition) is 2. The van der Waals surface area contributed by atoms with Crippen LogP contribution in [-0.2, 0) is 0 Å². The number of aromatic nitrogens is 2. The van der Waals surface area contributed by atoms with Crippen LogP contribution in [0.2, 0.25) is 0 Å². The Bertz CT molecular complexity index is 345. The van der Waals surface area contributed by atoms with Gasteiger partial charge in [-0.25, -0.2) is 4.98 Å². The second-order valence-electron chi connectivity index (χ2n) is 2.00. The second kappa shape index (κ2) is 2.87. The molecule has 0 atom stereocenters. The van der Waals surface area contributed by atoms with Gasteiger partial charge in [0, 0.05) is 0 Å². The second-order valence-corrected chi connectivity index (χ2v) is 2.40. The van der Waals surface area contributed by atoms with Gasteiger partial charge in [0.1, 0.15) is 5.56 Å². The number of H-pyrrole nitrogens is 1. The molecule has 1 rings (SSSR count). The lowest BCUT2D eigenvalue weighted by Crippen LogP contribution is -2.17. The van der Waals surface area contributed by atoms with Gasteiger partial charge in [0.05, 0.1) is 12.0 Å². The van der Waals surface area contributed by atoms with E-state index in [0.717, 1.165) is 0 Å². The average molecular weight is 170 g/mol. The zero-order valence-corrected chi connectivity index (χ0v) is 6.68. The van der Waals surface area contributed by atoms with Crippen LogP contribution in [0.4, 0.5) is 0 Å². The average Bonchev–Trinajstić information content (AvgIpc) is 1.85. The maximum atomic E-state index is 10.9. The summed E-state index contributed by atoms with van der Waals surface area (Å²) in [5, 5.41) is -0.558. The molecule has 0 aliphatic heterocycles. The minimum absolute atomic E-state index is 0.0100. The van der Waals surface area contributed by atoms with Crippen molar-refractivity contribution in [3.8, 4) is 0 Å². The summed E-state index contributed by atoms with van der Waals surface area (Å²) in [6.45, 7) is 1.58. The monoisotopic (exact) mass is 170 g/mol. The molecule has 0 radical (unpaired) electrons. The molecule has 1 N–H and O–H groups in total. The molecule has 4 nitrogen and oxygen atoms in total. The molecule has 0 saturated carbocycles. The van der Waals surface area contributed by atoms with Crippen molar-refractivity contribution < 1.29 is 4.79 Å². The van der Waals surface area contributed by atoms with Gasteiger partial charge in [-0.2, -0.15) is 0 Å². The third-order valence-electron chi connectivity index (χ3n) is 1.26. The highest BCUT2D eigenvalue weighted by molar-refractivity contribution is 7.97. The van der Waals surface area contributed by atoms with Gasteiger partial charge in [-0.05, 0) is 6.92 Å². The minimum Gasteiger partial charge on any atom is -0.312 e. The molecule has 1 heterocycles. The van der Waals surface area contributed by atoms with Gasteiger partial charge in [0.15, 0.2) is 0 Å². The lowest BCUT2D eigenvalue weighted by molar-refractivity contribution is 0.108. The highest BCUT2D eigenvalue weighted by Gasteiger charge is 2.09. The fourth-order valence-corrected chi connectivity index (χ4v) is 1.00. The van der Waals surface area contributed by atoms with Gasteiger partial charge in [-0.3, -0.25) is 9.59 Å². The van der Waals surface area contributed by atoms with Gasteiger partial charge in [0.25, 0.3) is 5.56 Å². The SMILES string of the molecule is Cc1nc[nH]c(=O)c1C(=O)S. The summed E-state index contributed by atoms with van der Waals surface area (Å²) >= 11 is 3.53. The quantitative estimate of drug-likeness (QED) is 0.590. The van der Waals surface area contributed by atoms with E-state index in [1.807, 2.05) is 0 Å². The van der Waals surface area contributed by atoms with Gasteiger partial charge < -0.3 is 4.98 Å². The van der Waals surface area contributed by atoms with Crippen molar-refractivity contribution >= 4 is 17.7 Å². The molecule has 0 fully saturated rings. The van der Waals surface area contributed by atoms with Crippen LogP contribution < -0.4 is 5.56 Å². The standard InChI is InChI=1S/C6H6N2O2S/c1-3-4(6(10)11)5(9)8-2-7-3/h2H,1H3,(H,10,11)(H,7,8,9). The van der Waals surface area contributed by atoms with Crippen LogP contribution in [0.1, 0.15) is 16.1 Å². The van der Waals surface area contributed by atoms with E-state index in [0.29, 0.717) is 5.69 Å². The molecule has 0 aliphatic rings. The van der Waals surface area contributed by atoms with Crippen molar-refractivity contribution in [1.82, 2.24) is 9.97 Å². The number of nitrogens with zero attached hydrogens (tertiary/aromatic N) is 1. The lowest BCUT2D eigenvalue weighted by Gasteiger charge is -1.95. The molecule has 0 saturated heterocycles. The third-order valence-corrected chi connectivity index (χ3v) is 1.48. The number of thiol groups is 1. The van der Waals surface area contributed by atoms with Crippen LogP contribution in [0.3, 0.4) is 0 Å². The first kappa shape index (κ1) is 8.00. The number of nitrogens with one attached hydrogen (secondary N) is 1. The normalized spacial score (nSPS) is 9.64. The molecular weight excluding hydrogens is 164 g/mol. The Morgan fingerprint density at radius 1 is 1.73 bits per heavy atom. The van der Waals surface area contributed by atoms with Crippen molar-refractivity contribution in [3.05, 3.63) is 27.9 Å². The van der Waals surface area contributed by atoms with Gasteiger partial charge in [0.2, 0.25) is 5.12 Å². The van der Waals surface area contributed by atoms with Crippen LogP contribution in [0.15, 0.2) is 11.1 Å². The Morgan fingerprint density at radius 3 is 2.73 bits per heavy atom. The maximum Gasteiger partial charge on any atom is 0.262 e. The Morgan fingerprint density at radius 2 is 2.36 bits per heavy atom. The van der Waals surface area contributed by atoms with E-state index in [-0.39, 0.29) is 5.56 Å². The summed E-state index contributed by atoms with van der Waals surface area (Å²) in [5.41, 5.74) is -0.0397. The number of aryl methyl sites for hydroxylation is 1. The van der Waals surface area contributed by atoms with Crippen LogP contribution in [0, 0.1) is 6.92 Å². The van der Waals surface area contributed by atoms with Crippen LogP contribution in [-0.4, -0.2) is 15.1 Å². The zero-order valence-electron chi connectivity index (χ0n) is 5.79. The fourth-order valence-electron chi connectivity index (χ4n) is 0.741. The van der Waals surface area contributed by atoms with Crippen molar-refractivity contribution in [3.63, 3.8) is 0 Å². The Hall–Kier alpha value is -1.10. The van der Waals surface area contributed by atoms with E-state index < -0.39 is 10.7 Å². The summed E-state index contributed by atoms with van der Waals surface area (Å²) in [6.07, 6.45) is 1.25. The molecule has 0 amide bonds. The predicted octanol–water partition coefficient (Wildman–Crippen LogP) is 0.148. The van der Waals surface area contributed by atoms with Gasteiger partial charge in [-0.1, -0.05) is 0 Å². The largest absolute Gasteiger partial charge is 0.312 e. The molecule has 5 heteroatoms. The number of rotatable bonds is 1. The Labute approximate surface area is 68.1 Å². The summed E-state index contributed by atoms with van der Waals surface area (Å²) in [6, 6.07) is 0. The van der Waals surface area contributed by atoms with E-state index in [9.17, 15) is 9.59 Å². The topological polar surface area (TPSA) is 62.8 Å². The van der Waals surface area contributed by atoms with Crippen molar-refractivity contribution in [2.45, 2.75) is 6.92 Å². The molecule has 0 bridgehead atoms. The zero-order chi connectivity index (χ0) is 8.43. The maximum absolute atomic E-state index is 10.9. The number of aromatic amines is 1. The summed E-state index contributed by atoms with van der Waals surface area (Å²) in [5.74, 6) is 0. The third kappa shape index (κ3) is 1.48. The molecular formula is C6H6N2O2S. The van der Waals surface area contributed by atoms with Crippen molar-refractivity contribution in [1.29, 1.82) is 0 Å². The number of hydrogen-bond acceptors (Lipinski definition) is 3. The highest BCUT2D eigenvalue weighted by atomic mass is 32.1. The van der Waals surface area contributed by atoms with Crippen molar-refractivity contribution in [2.75, 3.05) is 0 Å². The van der Waals surface area contributed by atoms with Gasteiger partial charge in [-0.15, -0.1) is 12.6 Å². The fraction of sp³-hybridized carbons (Fsp3) is 0.167. The van der Waals surface area contributed by atoms with E-state index in [4.69, 9.17) is 0 Å². The Balaban J connectivity index is 3.45. The summed E-state index contributed by atoms with van der Waals surface area (Å²) < 4.78 is 0. The molecule has 58 valence electrons. The van der Waals surface area contributed by atoms with E-state index in [1.165, 1.54) is 6.33 Å². The minimum atomic E-state index is -0.558. The Kier molecular flexibility index (Phi) is 2.09.